The van der Waals surface area contributed by atoms with Gasteiger partial charge in [0.05, 0.1) is 6.61 Å². The number of hydrogen-bond acceptors (Lipinski definition) is 3. The summed E-state index contributed by atoms with van der Waals surface area (Å²) in [6, 6.07) is -1.64. The van der Waals surface area contributed by atoms with E-state index in [0.717, 1.165) is 12.8 Å². The van der Waals surface area contributed by atoms with Crippen molar-refractivity contribution in [2.75, 3.05) is 19.7 Å². The van der Waals surface area contributed by atoms with Crippen molar-refractivity contribution in [2.24, 2.45) is 5.41 Å². The first-order valence-electron chi connectivity index (χ1n) is 5.75. The van der Waals surface area contributed by atoms with Gasteiger partial charge in [0.25, 0.3) is 0 Å². The highest BCUT2D eigenvalue weighted by Crippen LogP contribution is 2.29. The van der Waals surface area contributed by atoms with Gasteiger partial charge in [-0.05, 0) is 18.3 Å². The minimum atomic E-state index is -1.22. The van der Waals surface area contributed by atoms with Crippen LogP contribution in [-0.2, 0) is 4.79 Å². The fourth-order valence-corrected chi connectivity index (χ4v) is 1.74. The van der Waals surface area contributed by atoms with Gasteiger partial charge in [-0.25, -0.2) is 9.59 Å². The van der Waals surface area contributed by atoms with Crippen molar-refractivity contribution >= 4 is 12.0 Å². The molecule has 1 aliphatic heterocycles. The molecular formula is C11H20N2O4. The molecule has 0 aliphatic carbocycles. The highest BCUT2D eigenvalue weighted by Gasteiger charge is 2.29. The van der Waals surface area contributed by atoms with E-state index in [2.05, 4.69) is 19.2 Å². The van der Waals surface area contributed by atoms with Crippen LogP contribution < -0.4 is 5.32 Å². The Hall–Kier alpha value is -1.30. The normalized spacial score (nSPS) is 20.8. The van der Waals surface area contributed by atoms with E-state index < -0.39 is 24.6 Å². The Labute approximate surface area is 101 Å². The molecule has 0 bridgehead atoms. The number of hydrogen-bond donors (Lipinski definition) is 3. The number of carbonyl (C=O) groups excluding carboxylic acids is 1. The van der Waals surface area contributed by atoms with Gasteiger partial charge in [0.1, 0.15) is 0 Å². The van der Waals surface area contributed by atoms with Crippen LogP contribution in [0.15, 0.2) is 0 Å². The van der Waals surface area contributed by atoms with Crippen LogP contribution in [0.5, 0.6) is 0 Å². The maximum absolute atomic E-state index is 11.7. The molecule has 0 radical (unpaired) electrons. The van der Waals surface area contributed by atoms with E-state index in [9.17, 15) is 9.59 Å². The van der Waals surface area contributed by atoms with Crippen molar-refractivity contribution in [1.82, 2.24) is 10.2 Å². The fourth-order valence-electron chi connectivity index (χ4n) is 1.74. The zero-order chi connectivity index (χ0) is 13.1. The number of nitrogens with one attached hydrogen (secondary N) is 1. The largest absolute Gasteiger partial charge is 0.480 e. The molecule has 1 unspecified atom stereocenters. The van der Waals surface area contributed by atoms with Crippen molar-refractivity contribution in [3.8, 4) is 0 Å². The first-order valence-corrected chi connectivity index (χ1v) is 5.75. The van der Waals surface area contributed by atoms with Gasteiger partial charge in [0, 0.05) is 13.1 Å². The Morgan fingerprint density at radius 2 is 1.88 bits per heavy atom. The molecule has 1 saturated heterocycles. The van der Waals surface area contributed by atoms with Gasteiger partial charge in [-0.1, -0.05) is 13.8 Å². The highest BCUT2D eigenvalue weighted by molar-refractivity contribution is 5.82. The number of amides is 2. The second-order valence-electron chi connectivity index (χ2n) is 5.17. The second kappa shape index (κ2) is 5.35. The number of aliphatic hydroxyl groups excluding tert-OH is 1. The Morgan fingerprint density at radius 3 is 2.29 bits per heavy atom. The number of carboxylic acid groups (broad SMARTS) is 1. The number of carbonyl (C=O) groups is 2. The Morgan fingerprint density at radius 1 is 1.35 bits per heavy atom. The summed E-state index contributed by atoms with van der Waals surface area (Å²) in [5, 5.41) is 19.8. The molecule has 1 atom stereocenters. The average Bonchev–Trinajstić information content (AvgIpc) is 2.25. The predicted octanol–water partition coefficient (Wildman–Crippen LogP) is 0.263. The minimum Gasteiger partial charge on any atom is -0.480 e. The van der Waals surface area contributed by atoms with E-state index in [1.165, 1.54) is 0 Å². The lowest BCUT2D eigenvalue weighted by Gasteiger charge is -2.37. The third-order valence-corrected chi connectivity index (χ3v) is 3.18. The molecule has 2 amide bonds. The molecule has 0 aromatic heterocycles. The van der Waals surface area contributed by atoms with Crippen LogP contribution in [0.4, 0.5) is 4.79 Å². The molecule has 0 spiro atoms. The molecule has 0 aromatic carbocycles. The summed E-state index contributed by atoms with van der Waals surface area (Å²) >= 11 is 0. The van der Waals surface area contributed by atoms with Crippen LogP contribution in [0.25, 0.3) is 0 Å². The van der Waals surface area contributed by atoms with Gasteiger partial charge < -0.3 is 20.4 Å². The molecule has 17 heavy (non-hydrogen) atoms. The maximum atomic E-state index is 11.7. The number of carboxylic acids is 1. The topological polar surface area (TPSA) is 89.9 Å². The Bertz CT molecular complexity index is 294. The standard InChI is InChI=1S/C11H20N2O4/c1-11(2)3-5-13(6-4-11)10(17)12-8(7-14)9(15)16/h8,14H,3-7H2,1-2H3,(H,12,17)(H,15,16). The number of likely N-dealkylation sites (tertiary alicyclic amines) is 1. The van der Waals surface area contributed by atoms with Gasteiger partial charge in [-0.2, -0.15) is 0 Å². The molecule has 6 nitrogen and oxygen atoms in total. The van der Waals surface area contributed by atoms with E-state index >= 15 is 0 Å². The van der Waals surface area contributed by atoms with Crippen LogP contribution in [0.1, 0.15) is 26.7 Å². The van der Waals surface area contributed by atoms with E-state index in [1.54, 1.807) is 4.90 Å². The predicted molar refractivity (Wildman–Crippen MR) is 61.6 cm³/mol. The number of nitrogens with zero attached hydrogens (tertiary/aromatic N) is 1. The molecule has 0 saturated carbocycles. The number of aliphatic hydroxyl groups is 1. The Kier molecular flexibility index (Phi) is 4.34. The van der Waals surface area contributed by atoms with Crippen LogP contribution in [-0.4, -0.2) is 52.9 Å². The van der Waals surface area contributed by atoms with Crippen molar-refractivity contribution < 1.29 is 19.8 Å². The summed E-state index contributed by atoms with van der Waals surface area (Å²) in [6.07, 6.45) is 1.80. The zero-order valence-electron chi connectivity index (χ0n) is 10.3. The lowest BCUT2D eigenvalue weighted by molar-refractivity contribution is -0.140. The number of piperidine rings is 1. The molecule has 1 heterocycles. The van der Waals surface area contributed by atoms with Crippen LogP contribution in [0.3, 0.4) is 0 Å². The molecule has 3 N–H and O–H groups in total. The molecule has 98 valence electrons. The quantitative estimate of drug-likeness (QED) is 0.664. The number of aliphatic carboxylic acids is 1. The third kappa shape index (κ3) is 3.89. The monoisotopic (exact) mass is 244 g/mol. The molecule has 0 aromatic rings. The molecule has 1 aliphatic rings. The number of rotatable bonds is 3. The first kappa shape index (κ1) is 13.8. The molecule has 6 heteroatoms. The zero-order valence-corrected chi connectivity index (χ0v) is 10.3. The highest BCUT2D eigenvalue weighted by atomic mass is 16.4. The van der Waals surface area contributed by atoms with Crippen molar-refractivity contribution in [3.05, 3.63) is 0 Å². The molecule has 1 rings (SSSR count). The summed E-state index contributed by atoms with van der Waals surface area (Å²) < 4.78 is 0. The summed E-state index contributed by atoms with van der Waals surface area (Å²) in [5.74, 6) is -1.22. The van der Waals surface area contributed by atoms with Gasteiger partial charge in [0.15, 0.2) is 6.04 Å². The summed E-state index contributed by atoms with van der Waals surface area (Å²) in [4.78, 5) is 24.0. The van der Waals surface area contributed by atoms with E-state index in [0.29, 0.717) is 13.1 Å². The lowest BCUT2D eigenvalue weighted by atomic mass is 9.83. The van der Waals surface area contributed by atoms with Crippen molar-refractivity contribution in [1.29, 1.82) is 0 Å². The van der Waals surface area contributed by atoms with Gasteiger partial charge in [-0.3, -0.25) is 0 Å². The smallest absolute Gasteiger partial charge is 0.328 e. The van der Waals surface area contributed by atoms with Gasteiger partial charge in [0.2, 0.25) is 0 Å². The maximum Gasteiger partial charge on any atom is 0.328 e. The van der Waals surface area contributed by atoms with E-state index in [1.807, 2.05) is 0 Å². The summed E-state index contributed by atoms with van der Waals surface area (Å²) in [6.45, 7) is 4.94. The van der Waals surface area contributed by atoms with E-state index in [4.69, 9.17) is 10.2 Å². The van der Waals surface area contributed by atoms with Gasteiger partial charge in [-0.15, -0.1) is 0 Å². The summed E-state index contributed by atoms with van der Waals surface area (Å²) in [7, 11) is 0. The van der Waals surface area contributed by atoms with Crippen LogP contribution in [0.2, 0.25) is 0 Å². The van der Waals surface area contributed by atoms with Gasteiger partial charge >= 0.3 is 12.0 Å². The first-order chi connectivity index (χ1) is 7.85. The van der Waals surface area contributed by atoms with Crippen molar-refractivity contribution in [3.63, 3.8) is 0 Å². The third-order valence-electron chi connectivity index (χ3n) is 3.18. The molecular weight excluding hydrogens is 224 g/mol. The van der Waals surface area contributed by atoms with Crippen molar-refractivity contribution in [2.45, 2.75) is 32.7 Å². The van der Waals surface area contributed by atoms with E-state index in [-0.39, 0.29) is 5.41 Å². The fraction of sp³-hybridized carbons (Fsp3) is 0.818. The number of urea groups is 1. The van der Waals surface area contributed by atoms with Crippen LogP contribution in [0, 0.1) is 5.41 Å². The van der Waals surface area contributed by atoms with Crippen LogP contribution >= 0.6 is 0 Å². The molecule has 1 fully saturated rings. The minimum absolute atomic E-state index is 0.236. The lowest BCUT2D eigenvalue weighted by Crippen LogP contribution is -2.52. The Balaban J connectivity index is 2.46. The average molecular weight is 244 g/mol. The summed E-state index contributed by atoms with van der Waals surface area (Å²) in [5.41, 5.74) is 0.236. The SMILES string of the molecule is CC1(C)CCN(C(=O)NC(CO)C(=O)O)CC1. The second-order valence-corrected chi connectivity index (χ2v) is 5.17.